The number of rotatable bonds is 0. The van der Waals surface area contributed by atoms with E-state index in [4.69, 9.17) is 0 Å². The van der Waals surface area contributed by atoms with Crippen molar-refractivity contribution in [2.45, 2.75) is 52.4 Å². The van der Waals surface area contributed by atoms with E-state index >= 15 is 0 Å². The summed E-state index contributed by atoms with van der Waals surface area (Å²) >= 11 is 0. The van der Waals surface area contributed by atoms with Crippen LogP contribution in [-0.4, -0.2) is 23.1 Å². The highest BCUT2D eigenvalue weighted by molar-refractivity contribution is 6.45. The van der Waals surface area contributed by atoms with Crippen LogP contribution in [0.3, 0.4) is 0 Å². The molecule has 0 heterocycles. The van der Waals surface area contributed by atoms with Gasteiger partial charge < -0.3 is 0 Å². The van der Waals surface area contributed by atoms with E-state index in [0.717, 1.165) is 25.7 Å². The maximum Gasteiger partial charge on any atom is 0.202 e. The molecule has 9 saturated carbocycles. The Morgan fingerprint density at radius 2 is 1.35 bits per heavy atom. The first kappa shape index (κ1) is 13.8. The summed E-state index contributed by atoms with van der Waals surface area (Å²) in [6.07, 6.45) is 5.37. The molecule has 8 atom stereocenters. The van der Waals surface area contributed by atoms with Crippen molar-refractivity contribution in [1.29, 1.82) is 0 Å². The van der Waals surface area contributed by atoms with E-state index in [1.807, 2.05) is 0 Å². The van der Waals surface area contributed by atoms with Crippen molar-refractivity contribution < 1.29 is 19.2 Å². The van der Waals surface area contributed by atoms with Gasteiger partial charge in [-0.3, -0.25) is 19.2 Å². The van der Waals surface area contributed by atoms with Crippen LogP contribution in [0.15, 0.2) is 0 Å². The summed E-state index contributed by atoms with van der Waals surface area (Å²) in [5, 5.41) is 0. The lowest BCUT2D eigenvalue weighted by Gasteiger charge is -2.82. The summed E-state index contributed by atoms with van der Waals surface area (Å²) in [6.45, 7) is 4.81. The smallest absolute Gasteiger partial charge is 0.202 e. The summed E-state index contributed by atoms with van der Waals surface area (Å²) in [5.74, 6) is -1.46. The second kappa shape index (κ2) is 2.91. The Kier molecular flexibility index (Phi) is 1.54. The quantitative estimate of drug-likeness (QED) is 0.628. The minimum absolute atomic E-state index is 0.0482. The van der Waals surface area contributed by atoms with E-state index < -0.39 is 0 Å². The van der Waals surface area contributed by atoms with Gasteiger partial charge in [0, 0.05) is 35.0 Å². The van der Waals surface area contributed by atoms with Gasteiger partial charge in [-0.15, -0.1) is 0 Å². The Morgan fingerprint density at radius 3 is 2.00 bits per heavy atom. The van der Waals surface area contributed by atoms with E-state index in [-0.39, 0.29) is 85.7 Å². The van der Waals surface area contributed by atoms with Gasteiger partial charge in [-0.2, -0.15) is 0 Å². The Morgan fingerprint density at radius 1 is 0.769 bits per heavy atom. The Labute approximate surface area is 151 Å². The first-order chi connectivity index (χ1) is 12.2. The molecule has 9 aliphatic carbocycles. The van der Waals surface area contributed by atoms with Gasteiger partial charge in [-0.05, 0) is 59.7 Å². The largest absolute Gasteiger partial charge is 0.291 e. The fourth-order valence-electron chi connectivity index (χ4n) is 12.7. The summed E-state index contributed by atoms with van der Waals surface area (Å²) < 4.78 is 0. The maximum absolute atomic E-state index is 13.0. The summed E-state index contributed by atoms with van der Waals surface area (Å²) in [5.41, 5.74) is -0.0768. The van der Waals surface area contributed by atoms with Gasteiger partial charge >= 0.3 is 0 Å². The highest BCUT2D eigenvalue weighted by atomic mass is 16.2. The predicted molar refractivity (Wildman–Crippen MR) is 87.6 cm³/mol. The molecule has 8 bridgehead atoms. The van der Waals surface area contributed by atoms with Crippen LogP contribution in [0.2, 0.25) is 0 Å². The summed E-state index contributed by atoms with van der Waals surface area (Å²) in [6, 6.07) is 0. The van der Waals surface area contributed by atoms with Crippen LogP contribution in [0.1, 0.15) is 52.4 Å². The van der Waals surface area contributed by atoms with Gasteiger partial charge in [-0.1, -0.05) is 13.8 Å². The summed E-state index contributed by atoms with van der Waals surface area (Å²) in [7, 11) is 0. The molecule has 9 fully saturated rings. The van der Waals surface area contributed by atoms with Crippen LogP contribution >= 0.6 is 0 Å². The fourth-order valence-corrected chi connectivity index (χ4v) is 12.7. The molecule has 9 aliphatic rings. The first-order valence-electron chi connectivity index (χ1n) is 10.3. The lowest BCUT2D eigenvalue weighted by molar-refractivity contribution is -0.347. The minimum Gasteiger partial charge on any atom is -0.291 e. The van der Waals surface area contributed by atoms with E-state index in [2.05, 4.69) is 13.8 Å². The normalized spacial score (nSPS) is 72.5. The molecule has 3 spiro atoms. The van der Waals surface area contributed by atoms with Gasteiger partial charge in [-0.25, -0.2) is 0 Å². The molecule has 0 amide bonds. The molecule has 8 unspecified atom stereocenters. The highest BCUT2D eigenvalue weighted by Gasteiger charge is 3.07. The van der Waals surface area contributed by atoms with Crippen molar-refractivity contribution in [2.75, 3.05) is 0 Å². The van der Waals surface area contributed by atoms with Crippen molar-refractivity contribution in [3.63, 3.8) is 0 Å². The molecule has 0 N–H and O–H groups in total. The molecule has 134 valence electrons. The monoisotopic (exact) mass is 350 g/mol. The fraction of sp³-hybridized carbons (Fsp3) is 0.818. The van der Waals surface area contributed by atoms with Gasteiger partial charge in [0.25, 0.3) is 0 Å². The zero-order chi connectivity index (χ0) is 17.9. The van der Waals surface area contributed by atoms with Gasteiger partial charge in [0.15, 0.2) is 5.78 Å². The van der Waals surface area contributed by atoms with Crippen LogP contribution in [0.5, 0.6) is 0 Å². The SMILES string of the molecule is CC12CC34CC1(C)CC3(C2)C12C3CC5C(C(=O)C(=O)C51)C42CC(=O)C3=O. The molecule has 4 nitrogen and oxygen atoms in total. The average molecular weight is 350 g/mol. The zero-order valence-corrected chi connectivity index (χ0v) is 15.2. The Bertz CT molecular complexity index is 938. The standard InChI is InChI=1S/C22H22O4/c1-17-5-19-6-18(17,2)8-20(19,7-17)22-10-3-9-12(15(25)16(26)13(9)22)21(19,22)4-11(23)14(10)24/h9-10,12-13H,3-8H2,1-2H3. The third-order valence-corrected chi connectivity index (χ3v) is 12.3. The molecule has 26 heavy (non-hydrogen) atoms. The second-order valence-corrected chi connectivity index (χ2v) is 11.9. The van der Waals surface area contributed by atoms with E-state index in [1.54, 1.807) is 0 Å². The van der Waals surface area contributed by atoms with Gasteiger partial charge in [0.05, 0.1) is 0 Å². The molecule has 0 aromatic heterocycles. The molecular weight excluding hydrogens is 328 g/mol. The maximum atomic E-state index is 13.0. The topological polar surface area (TPSA) is 68.3 Å². The third-order valence-electron chi connectivity index (χ3n) is 12.3. The van der Waals surface area contributed by atoms with Crippen LogP contribution in [-0.2, 0) is 19.2 Å². The van der Waals surface area contributed by atoms with E-state index in [0.29, 0.717) is 6.42 Å². The van der Waals surface area contributed by atoms with Crippen molar-refractivity contribution in [3.8, 4) is 0 Å². The average Bonchev–Trinajstić information content (AvgIpc) is 3.30. The van der Waals surface area contributed by atoms with Crippen LogP contribution in [0, 0.1) is 56.2 Å². The van der Waals surface area contributed by atoms with Crippen molar-refractivity contribution in [2.24, 2.45) is 56.2 Å². The van der Waals surface area contributed by atoms with Crippen LogP contribution in [0.4, 0.5) is 0 Å². The van der Waals surface area contributed by atoms with Crippen molar-refractivity contribution in [3.05, 3.63) is 0 Å². The van der Waals surface area contributed by atoms with Crippen LogP contribution in [0.25, 0.3) is 0 Å². The molecule has 0 aromatic rings. The number of carbonyl (C=O) groups excluding carboxylic acids is 4. The molecule has 0 aromatic carbocycles. The van der Waals surface area contributed by atoms with Crippen molar-refractivity contribution >= 4 is 23.1 Å². The van der Waals surface area contributed by atoms with Crippen LogP contribution < -0.4 is 0 Å². The molecule has 0 radical (unpaired) electrons. The summed E-state index contributed by atoms with van der Waals surface area (Å²) in [4.78, 5) is 51.9. The van der Waals surface area contributed by atoms with Crippen molar-refractivity contribution in [1.82, 2.24) is 0 Å². The molecular formula is C22H22O4. The molecule has 4 heteroatoms. The predicted octanol–water partition coefficient (Wildman–Crippen LogP) is 2.14. The molecule has 0 saturated heterocycles. The highest BCUT2D eigenvalue weighted by Crippen LogP contribution is 3.09. The second-order valence-electron chi connectivity index (χ2n) is 11.9. The number of ketones is 4. The zero-order valence-electron chi connectivity index (χ0n) is 15.2. The van der Waals surface area contributed by atoms with Gasteiger partial charge in [0.2, 0.25) is 17.3 Å². The van der Waals surface area contributed by atoms with E-state index in [1.165, 1.54) is 0 Å². The van der Waals surface area contributed by atoms with Gasteiger partial charge in [0.1, 0.15) is 0 Å². The number of carbonyl (C=O) groups is 4. The minimum atomic E-state index is -0.347. The molecule has 0 aliphatic heterocycles. The Balaban J connectivity index is 1.54. The lowest BCUT2D eigenvalue weighted by atomic mass is 9.18. The number of hydrogen-bond donors (Lipinski definition) is 0. The first-order valence-corrected chi connectivity index (χ1v) is 10.3. The number of Topliss-reactive ketones (excluding diaryl/α,β-unsaturated/α-hetero) is 4. The number of hydrogen-bond acceptors (Lipinski definition) is 4. The lowest BCUT2D eigenvalue weighted by Crippen LogP contribution is -2.84. The molecule has 9 rings (SSSR count). The van der Waals surface area contributed by atoms with E-state index in [9.17, 15) is 19.2 Å². The third kappa shape index (κ3) is 0.708. The Hall–Kier alpha value is -1.32.